The van der Waals surface area contributed by atoms with Crippen molar-refractivity contribution in [1.82, 2.24) is 4.98 Å². The Morgan fingerprint density at radius 3 is 2.90 bits per heavy atom. The molecule has 0 aliphatic rings. The van der Waals surface area contributed by atoms with Crippen LogP contribution in [0.15, 0.2) is 12.3 Å². The molecule has 0 aliphatic carbocycles. The standard InChI is InChI=1S/C13H19ClN2O4/c1-19-6-7-20-5-3-2-4-15-12-8-10(13(17)18)11(14)9-16-12/h8-9H,2-7H2,1H3,(H,15,16)(H,17,18). The third-order valence-corrected chi connectivity index (χ3v) is 2.84. The summed E-state index contributed by atoms with van der Waals surface area (Å²) in [5.41, 5.74) is 0.0482. The summed E-state index contributed by atoms with van der Waals surface area (Å²) in [5, 5.41) is 12.1. The summed E-state index contributed by atoms with van der Waals surface area (Å²) in [5.74, 6) is -0.556. The number of nitrogens with zero attached hydrogens (tertiary/aromatic N) is 1. The SMILES string of the molecule is COCCOCCCCNc1cc(C(=O)O)c(Cl)cn1. The Hall–Kier alpha value is -1.37. The van der Waals surface area contributed by atoms with Crippen molar-refractivity contribution in [2.45, 2.75) is 12.8 Å². The molecule has 0 amide bonds. The van der Waals surface area contributed by atoms with E-state index in [0.717, 1.165) is 12.8 Å². The molecule has 0 aliphatic heterocycles. The second kappa shape index (κ2) is 9.52. The van der Waals surface area contributed by atoms with Crippen LogP contribution in [0.25, 0.3) is 0 Å². The van der Waals surface area contributed by atoms with Crippen LogP contribution in [0.4, 0.5) is 5.82 Å². The predicted molar refractivity (Wildman–Crippen MR) is 76.6 cm³/mol. The van der Waals surface area contributed by atoms with E-state index in [9.17, 15) is 4.79 Å². The molecule has 20 heavy (non-hydrogen) atoms. The Kier molecular flexibility index (Phi) is 7.94. The second-order valence-electron chi connectivity index (χ2n) is 4.09. The smallest absolute Gasteiger partial charge is 0.337 e. The lowest BCUT2D eigenvalue weighted by Crippen LogP contribution is -2.08. The van der Waals surface area contributed by atoms with Crippen molar-refractivity contribution in [3.05, 3.63) is 22.8 Å². The van der Waals surface area contributed by atoms with Crippen LogP contribution in [0.2, 0.25) is 5.02 Å². The summed E-state index contributed by atoms with van der Waals surface area (Å²) < 4.78 is 10.2. The molecule has 1 rings (SSSR count). The van der Waals surface area contributed by atoms with E-state index in [-0.39, 0.29) is 10.6 Å². The number of carboxylic acids is 1. The molecule has 7 heteroatoms. The van der Waals surface area contributed by atoms with Crippen molar-refractivity contribution in [2.24, 2.45) is 0 Å². The molecule has 6 nitrogen and oxygen atoms in total. The van der Waals surface area contributed by atoms with Gasteiger partial charge in [-0.2, -0.15) is 0 Å². The van der Waals surface area contributed by atoms with Crippen LogP contribution in [-0.4, -0.2) is 49.5 Å². The summed E-state index contributed by atoms with van der Waals surface area (Å²) >= 11 is 5.74. The fourth-order valence-electron chi connectivity index (χ4n) is 1.49. The van der Waals surface area contributed by atoms with Crippen molar-refractivity contribution in [2.75, 3.05) is 38.8 Å². The Bertz CT molecular complexity index is 429. The maximum atomic E-state index is 10.9. The Morgan fingerprint density at radius 2 is 2.20 bits per heavy atom. The van der Waals surface area contributed by atoms with Crippen LogP contribution in [0, 0.1) is 0 Å². The number of carbonyl (C=O) groups is 1. The molecule has 0 bridgehead atoms. The molecule has 0 atom stereocenters. The Balaban J connectivity index is 2.22. The minimum absolute atomic E-state index is 0.0482. The van der Waals surface area contributed by atoms with Gasteiger partial charge in [0.2, 0.25) is 0 Å². The largest absolute Gasteiger partial charge is 0.478 e. The molecule has 1 aromatic rings. The lowest BCUT2D eigenvalue weighted by atomic mass is 10.2. The van der Waals surface area contributed by atoms with Crippen LogP contribution in [0.5, 0.6) is 0 Å². The summed E-state index contributed by atoms with van der Waals surface area (Å²) in [6.07, 6.45) is 3.15. The minimum atomic E-state index is -1.06. The predicted octanol–water partition coefficient (Wildman–Crippen LogP) is 2.29. The van der Waals surface area contributed by atoms with Crippen molar-refractivity contribution in [3.63, 3.8) is 0 Å². The number of aromatic carboxylic acids is 1. The lowest BCUT2D eigenvalue weighted by molar-refractivity contribution is 0.0691. The van der Waals surface area contributed by atoms with Gasteiger partial charge in [-0.25, -0.2) is 9.78 Å². The van der Waals surface area contributed by atoms with Gasteiger partial charge in [0.1, 0.15) is 5.82 Å². The number of unbranched alkanes of at least 4 members (excludes halogenated alkanes) is 1. The van der Waals surface area contributed by atoms with E-state index in [1.807, 2.05) is 0 Å². The Labute approximate surface area is 123 Å². The van der Waals surface area contributed by atoms with Gasteiger partial charge in [0, 0.05) is 26.5 Å². The fraction of sp³-hybridized carbons (Fsp3) is 0.538. The summed E-state index contributed by atoms with van der Waals surface area (Å²) in [6, 6.07) is 1.43. The minimum Gasteiger partial charge on any atom is -0.478 e. The molecule has 0 aromatic carbocycles. The molecular formula is C13H19ClN2O4. The molecule has 0 saturated heterocycles. The van der Waals surface area contributed by atoms with Gasteiger partial charge in [-0.1, -0.05) is 11.6 Å². The molecule has 2 N–H and O–H groups in total. The number of aromatic nitrogens is 1. The first-order chi connectivity index (χ1) is 9.65. The highest BCUT2D eigenvalue weighted by Gasteiger charge is 2.09. The molecule has 0 saturated carbocycles. The van der Waals surface area contributed by atoms with Crippen LogP contribution >= 0.6 is 11.6 Å². The quantitative estimate of drug-likeness (QED) is 0.645. The molecule has 112 valence electrons. The molecule has 0 radical (unpaired) electrons. The van der Waals surface area contributed by atoms with Gasteiger partial charge in [-0.15, -0.1) is 0 Å². The maximum Gasteiger partial charge on any atom is 0.337 e. The highest BCUT2D eigenvalue weighted by molar-refractivity contribution is 6.33. The number of methoxy groups -OCH3 is 1. The number of carboxylic acid groups (broad SMARTS) is 1. The van der Waals surface area contributed by atoms with Gasteiger partial charge in [-0.3, -0.25) is 0 Å². The van der Waals surface area contributed by atoms with Crippen LogP contribution < -0.4 is 5.32 Å². The van der Waals surface area contributed by atoms with Crippen LogP contribution in [0.1, 0.15) is 23.2 Å². The second-order valence-corrected chi connectivity index (χ2v) is 4.50. The molecular weight excluding hydrogens is 284 g/mol. The summed E-state index contributed by atoms with van der Waals surface area (Å²) in [4.78, 5) is 14.9. The zero-order valence-corrected chi connectivity index (χ0v) is 12.2. The molecule has 0 unspecified atom stereocenters. The van der Waals surface area contributed by atoms with E-state index in [1.165, 1.54) is 12.3 Å². The highest BCUT2D eigenvalue weighted by Crippen LogP contribution is 2.17. The van der Waals surface area contributed by atoms with Crippen molar-refractivity contribution in [3.8, 4) is 0 Å². The number of hydrogen-bond donors (Lipinski definition) is 2. The highest BCUT2D eigenvalue weighted by atomic mass is 35.5. The van der Waals surface area contributed by atoms with E-state index in [4.69, 9.17) is 26.2 Å². The van der Waals surface area contributed by atoms with Gasteiger partial charge >= 0.3 is 5.97 Å². The number of halogens is 1. The maximum absolute atomic E-state index is 10.9. The van der Waals surface area contributed by atoms with Crippen molar-refractivity contribution >= 4 is 23.4 Å². The van der Waals surface area contributed by atoms with Crippen molar-refractivity contribution in [1.29, 1.82) is 0 Å². The molecule has 1 aromatic heterocycles. The van der Waals surface area contributed by atoms with E-state index in [2.05, 4.69) is 10.3 Å². The van der Waals surface area contributed by atoms with E-state index in [0.29, 0.717) is 32.2 Å². The van der Waals surface area contributed by atoms with Crippen molar-refractivity contribution < 1.29 is 19.4 Å². The topological polar surface area (TPSA) is 80.7 Å². The molecule has 1 heterocycles. The van der Waals surface area contributed by atoms with E-state index in [1.54, 1.807) is 7.11 Å². The number of nitrogens with one attached hydrogen (secondary N) is 1. The van der Waals surface area contributed by atoms with E-state index < -0.39 is 5.97 Å². The average molecular weight is 303 g/mol. The Morgan fingerprint density at radius 1 is 1.40 bits per heavy atom. The van der Waals surface area contributed by atoms with Gasteiger partial charge in [0.15, 0.2) is 0 Å². The summed E-state index contributed by atoms with van der Waals surface area (Å²) in [6.45, 7) is 2.58. The third-order valence-electron chi connectivity index (χ3n) is 2.54. The van der Waals surface area contributed by atoms with Crippen LogP contribution in [0.3, 0.4) is 0 Å². The normalized spacial score (nSPS) is 10.5. The third kappa shape index (κ3) is 6.18. The van der Waals surface area contributed by atoms with Gasteiger partial charge in [0.05, 0.1) is 23.8 Å². The number of anilines is 1. The van der Waals surface area contributed by atoms with E-state index >= 15 is 0 Å². The molecule has 0 spiro atoms. The zero-order valence-electron chi connectivity index (χ0n) is 11.4. The number of ether oxygens (including phenoxy) is 2. The van der Waals surface area contributed by atoms with Crippen LogP contribution in [-0.2, 0) is 9.47 Å². The first-order valence-electron chi connectivity index (χ1n) is 6.34. The van der Waals surface area contributed by atoms with Gasteiger partial charge < -0.3 is 19.9 Å². The lowest BCUT2D eigenvalue weighted by Gasteiger charge is -2.07. The number of rotatable bonds is 10. The first kappa shape index (κ1) is 16.7. The summed E-state index contributed by atoms with van der Waals surface area (Å²) in [7, 11) is 1.64. The first-order valence-corrected chi connectivity index (χ1v) is 6.72. The zero-order chi connectivity index (χ0) is 14.8. The van der Waals surface area contributed by atoms with Gasteiger partial charge in [-0.05, 0) is 18.9 Å². The van der Waals surface area contributed by atoms with Gasteiger partial charge in [0.25, 0.3) is 0 Å². The molecule has 0 fully saturated rings. The monoisotopic (exact) mass is 302 g/mol. The fourth-order valence-corrected chi connectivity index (χ4v) is 1.67. The number of hydrogen-bond acceptors (Lipinski definition) is 5. The number of pyridine rings is 1. The average Bonchev–Trinajstić information content (AvgIpc) is 2.43.